The number of rotatable bonds is 31. The zero-order chi connectivity index (χ0) is 29.0. The second-order valence-electron chi connectivity index (χ2n) is 11.4. The van der Waals surface area contributed by atoms with Gasteiger partial charge in [-0.1, -0.05) is 170 Å². The van der Waals surface area contributed by atoms with Gasteiger partial charge in [-0.25, -0.2) is 0 Å². The molecule has 0 radical (unpaired) electrons. The van der Waals surface area contributed by atoms with Crippen molar-refractivity contribution < 1.29 is 9.90 Å². The lowest BCUT2D eigenvalue weighted by Crippen LogP contribution is -1.93. The number of unbranched alkanes of at least 4 members (excludes halogenated alkanes) is 19. The van der Waals surface area contributed by atoms with Crippen LogP contribution in [0.15, 0.2) is 60.8 Å². The minimum atomic E-state index is -0.655. The fourth-order valence-electron chi connectivity index (χ4n) is 4.85. The largest absolute Gasteiger partial charge is 0.481 e. The first-order valence-corrected chi connectivity index (χ1v) is 17.2. The van der Waals surface area contributed by atoms with Gasteiger partial charge in [0, 0.05) is 6.42 Å². The molecular formula is C38H66O2. The van der Waals surface area contributed by atoms with Crippen molar-refractivity contribution in [3.63, 3.8) is 0 Å². The Morgan fingerprint density at radius 3 is 1.00 bits per heavy atom. The number of carboxylic acid groups (broad SMARTS) is 1. The minimum Gasteiger partial charge on any atom is -0.481 e. The van der Waals surface area contributed by atoms with E-state index in [1.807, 2.05) is 0 Å². The zero-order valence-corrected chi connectivity index (χ0v) is 26.5. The highest BCUT2D eigenvalue weighted by atomic mass is 16.4. The fraction of sp³-hybridized carbons (Fsp3) is 0.711. The summed E-state index contributed by atoms with van der Waals surface area (Å²) in [7, 11) is 0. The first-order valence-electron chi connectivity index (χ1n) is 17.2. The molecule has 0 aromatic carbocycles. The second kappa shape index (κ2) is 35.2. The summed E-state index contributed by atoms with van der Waals surface area (Å²) in [5.41, 5.74) is 0. The van der Waals surface area contributed by atoms with Crippen molar-refractivity contribution in [1.82, 2.24) is 0 Å². The highest BCUT2D eigenvalue weighted by molar-refractivity contribution is 5.66. The van der Waals surface area contributed by atoms with Crippen LogP contribution >= 0.6 is 0 Å². The van der Waals surface area contributed by atoms with E-state index in [0.717, 1.165) is 38.5 Å². The van der Waals surface area contributed by atoms with E-state index in [0.29, 0.717) is 6.42 Å². The molecule has 40 heavy (non-hydrogen) atoms. The Kier molecular flexibility index (Phi) is 33.6. The molecule has 0 amide bonds. The van der Waals surface area contributed by atoms with Gasteiger partial charge in [0.2, 0.25) is 0 Å². The van der Waals surface area contributed by atoms with E-state index in [1.165, 1.54) is 122 Å². The number of allylic oxidation sites excluding steroid dienone is 10. The molecule has 2 heteroatoms. The predicted molar refractivity (Wildman–Crippen MR) is 179 cm³/mol. The van der Waals surface area contributed by atoms with Gasteiger partial charge in [-0.2, -0.15) is 0 Å². The monoisotopic (exact) mass is 555 g/mol. The normalized spacial score (nSPS) is 12.4. The molecule has 0 aliphatic rings. The van der Waals surface area contributed by atoms with Gasteiger partial charge in [0.15, 0.2) is 0 Å². The Morgan fingerprint density at radius 2 is 0.675 bits per heavy atom. The van der Waals surface area contributed by atoms with Crippen molar-refractivity contribution in [2.24, 2.45) is 0 Å². The highest BCUT2D eigenvalue weighted by Gasteiger charge is 1.97. The Labute approximate surface area is 250 Å². The average molecular weight is 555 g/mol. The summed E-state index contributed by atoms with van der Waals surface area (Å²) in [6, 6.07) is 0. The summed E-state index contributed by atoms with van der Waals surface area (Å²) in [6.45, 7) is 2.25. The SMILES string of the molecule is CCCCC/C=C\C/C=C\C/C=C\C/C=C\C/C=C\CCCCCCCCCCCCCCCCCCC(=O)O. The topological polar surface area (TPSA) is 37.3 Å². The van der Waals surface area contributed by atoms with Crippen molar-refractivity contribution in [3.05, 3.63) is 60.8 Å². The third-order valence-corrected chi connectivity index (χ3v) is 7.41. The lowest BCUT2D eigenvalue weighted by Gasteiger charge is -2.03. The standard InChI is InChI=1S/C38H66O2/c1-2-3-4-5-6-7-8-9-10-11-12-13-14-15-16-17-18-19-20-21-22-23-24-25-26-27-28-29-30-31-32-33-34-35-36-37-38(39)40/h6-7,9-10,12-13,15-16,18-19H,2-5,8,11,14,17,20-37H2,1H3,(H,39,40)/b7-6-,10-9-,13-12-,16-15-,19-18-. The van der Waals surface area contributed by atoms with Gasteiger partial charge in [0.1, 0.15) is 0 Å². The number of aliphatic carboxylic acids is 1. The Bertz CT molecular complexity index is 652. The molecule has 0 saturated heterocycles. The number of carboxylic acids is 1. The van der Waals surface area contributed by atoms with Crippen LogP contribution in [0.4, 0.5) is 0 Å². The molecule has 0 aliphatic carbocycles. The van der Waals surface area contributed by atoms with E-state index < -0.39 is 5.97 Å². The molecule has 0 atom stereocenters. The maximum absolute atomic E-state index is 10.5. The minimum absolute atomic E-state index is 0.338. The Balaban J connectivity index is 3.28. The van der Waals surface area contributed by atoms with E-state index >= 15 is 0 Å². The van der Waals surface area contributed by atoms with Crippen molar-refractivity contribution in [2.45, 2.75) is 174 Å². The number of carbonyl (C=O) groups is 1. The summed E-state index contributed by atoms with van der Waals surface area (Å²) >= 11 is 0. The molecule has 0 rings (SSSR count). The lowest BCUT2D eigenvalue weighted by molar-refractivity contribution is -0.137. The average Bonchev–Trinajstić information content (AvgIpc) is 2.95. The molecule has 0 aromatic heterocycles. The molecule has 0 aliphatic heterocycles. The van der Waals surface area contributed by atoms with Gasteiger partial charge in [0.05, 0.1) is 0 Å². The van der Waals surface area contributed by atoms with Crippen molar-refractivity contribution in [1.29, 1.82) is 0 Å². The maximum Gasteiger partial charge on any atom is 0.303 e. The molecule has 230 valence electrons. The number of hydrogen-bond acceptors (Lipinski definition) is 1. The summed E-state index contributed by atoms with van der Waals surface area (Å²) in [5.74, 6) is -0.655. The van der Waals surface area contributed by atoms with Crippen LogP contribution < -0.4 is 0 Å². The van der Waals surface area contributed by atoms with Crippen molar-refractivity contribution in [3.8, 4) is 0 Å². The Morgan fingerprint density at radius 1 is 0.400 bits per heavy atom. The van der Waals surface area contributed by atoms with Crippen LogP contribution in [0.5, 0.6) is 0 Å². The van der Waals surface area contributed by atoms with Gasteiger partial charge < -0.3 is 5.11 Å². The molecule has 0 fully saturated rings. The van der Waals surface area contributed by atoms with Gasteiger partial charge >= 0.3 is 5.97 Å². The lowest BCUT2D eigenvalue weighted by atomic mass is 10.0. The molecule has 0 saturated carbocycles. The van der Waals surface area contributed by atoms with Gasteiger partial charge in [-0.3, -0.25) is 4.79 Å². The third-order valence-electron chi connectivity index (χ3n) is 7.41. The fourth-order valence-corrected chi connectivity index (χ4v) is 4.85. The highest BCUT2D eigenvalue weighted by Crippen LogP contribution is 2.14. The van der Waals surface area contributed by atoms with E-state index in [2.05, 4.69) is 67.7 Å². The van der Waals surface area contributed by atoms with Gasteiger partial charge in [-0.15, -0.1) is 0 Å². The molecule has 1 N–H and O–H groups in total. The number of hydrogen-bond donors (Lipinski definition) is 1. The van der Waals surface area contributed by atoms with Gasteiger partial charge in [0.25, 0.3) is 0 Å². The van der Waals surface area contributed by atoms with Crippen LogP contribution in [0.3, 0.4) is 0 Å². The second-order valence-corrected chi connectivity index (χ2v) is 11.4. The maximum atomic E-state index is 10.5. The quantitative estimate of drug-likeness (QED) is 0.0683. The smallest absolute Gasteiger partial charge is 0.303 e. The van der Waals surface area contributed by atoms with Crippen LogP contribution in [0.25, 0.3) is 0 Å². The van der Waals surface area contributed by atoms with Crippen LogP contribution in [0.2, 0.25) is 0 Å². The Hall–Kier alpha value is -1.83. The van der Waals surface area contributed by atoms with Crippen LogP contribution in [-0.4, -0.2) is 11.1 Å². The van der Waals surface area contributed by atoms with Gasteiger partial charge in [-0.05, 0) is 57.8 Å². The van der Waals surface area contributed by atoms with Crippen LogP contribution in [-0.2, 0) is 4.79 Å². The van der Waals surface area contributed by atoms with E-state index in [9.17, 15) is 4.79 Å². The van der Waals surface area contributed by atoms with Crippen LogP contribution in [0, 0.1) is 0 Å². The van der Waals surface area contributed by atoms with E-state index in [1.54, 1.807) is 0 Å². The van der Waals surface area contributed by atoms with E-state index in [4.69, 9.17) is 5.11 Å². The summed E-state index contributed by atoms with van der Waals surface area (Å²) in [4.78, 5) is 10.5. The molecule has 0 heterocycles. The summed E-state index contributed by atoms with van der Waals surface area (Å²) < 4.78 is 0. The molecule has 2 nitrogen and oxygen atoms in total. The predicted octanol–water partition coefficient (Wildman–Crippen LogP) is 13.0. The van der Waals surface area contributed by atoms with Crippen molar-refractivity contribution in [2.75, 3.05) is 0 Å². The first kappa shape index (κ1) is 38.2. The van der Waals surface area contributed by atoms with Crippen LogP contribution in [0.1, 0.15) is 174 Å². The summed E-state index contributed by atoms with van der Waals surface area (Å²) in [5, 5.41) is 8.63. The molecule has 0 spiro atoms. The zero-order valence-electron chi connectivity index (χ0n) is 26.5. The third kappa shape index (κ3) is 36.2. The molecule has 0 aromatic rings. The molecule has 0 bridgehead atoms. The van der Waals surface area contributed by atoms with Crippen molar-refractivity contribution >= 4 is 5.97 Å². The van der Waals surface area contributed by atoms with E-state index in [-0.39, 0.29) is 0 Å². The summed E-state index contributed by atoms with van der Waals surface area (Å²) in [6.07, 6.45) is 55.0. The molecule has 0 unspecified atom stereocenters. The molecular weight excluding hydrogens is 488 g/mol. The first-order chi connectivity index (χ1) is 19.8.